The van der Waals surface area contributed by atoms with Gasteiger partial charge in [0.05, 0.1) is 12.9 Å². The maximum atomic E-state index is 11.8. The number of rotatable bonds is 9. The summed E-state index contributed by atoms with van der Waals surface area (Å²) in [5.74, 6) is -2.51. The van der Waals surface area contributed by atoms with Gasteiger partial charge in [0.15, 0.2) is 0 Å². The third kappa shape index (κ3) is 8.67. The highest BCUT2D eigenvalue weighted by Crippen LogP contribution is 2.11. The molecule has 0 heterocycles. The maximum absolute atomic E-state index is 11.8. The molecule has 0 saturated heterocycles. The third-order valence-corrected chi connectivity index (χ3v) is 3.45. The van der Waals surface area contributed by atoms with E-state index in [-0.39, 0.29) is 13.0 Å². The predicted molar refractivity (Wildman–Crippen MR) is 86.5 cm³/mol. The van der Waals surface area contributed by atoms with Gasteiger partial charge in [0, 0.05) is 12.1 Å². The molecule has 4 N–H and O–H groups in total. The van der Waals surface area contributed by atoms with Gasteiger partial charge in [-0.2, -0.15) is 8.42 Å². The number of nitrogens with one attached hydrogen (secondary N) is 2. The summed E-state index contributed by atoms with van der Waals surface area (Å²) in [7, 11) is -3.56. The number of hydrogen-bond donors (Lipinski definition) is 4. The largest absolute Gasteiger partial charge is 0.481 e. The molecule has 0 aromatic heterocycles. The van der Waals surface area contributed by atoms with E-state index in [1.807, 2.05) is 0 Å². The molecule has 138 valence electrons. The Kier molecular flexibility index (Phi) is 7.33. The first-order valence-corrected chi connectivity index (χ1v) is 8.84. The quantitative estimate of drug-likeness (QED) is 0.457. The zero-order valence-corrected chi connectivity index (χ0v) is 14.1. The van der Waals surface area contributed by atoms with Gasteiger partial charge in [0.1, 0.15) is 6.04 Å². The van der Waals surface area contributed by atoms with Gasteiger partial charge >= 0.3 is 18.0 Å². The topological polar surface area (TPSA) is 159 Å². The van der Waals surface area contributed by atoms with Gasteiger partial charge in [-0.05, 0) is 24.1 Å². The van der Waals surface area contributed by atoms with Crippen LogP contribution in [0.4, 0.5) is 10.5 Å². The molecule has 0 unspecified atom stereocenters. The number of carboxylic acid groups (broad SMARTS) is 2. The molecule has 2 amide bonds. The van der Waals surface area contributed by atoms with Crippen LogP contribution in [0.3, 0.4) is 0 Å². The molecule has 1 rings (SSSR count). The molecule has 11 heteroatoms. The molecule has 1 aromatic rings. The smallest absolute Gasteiger partial charge is 0.326 e. The Bertz CT molecular complexity index is 730. The molecule has 10 nitrogen and oxygen atoms in total. The highest BCUT2D eigenvalue weighted by molar-refractivity contribution is 7.85. The molecule has 0 aliphatic heterocycles. The van der Waals surface area contributed by atoms with Crippen LogP contribution in [0, 0.1) is 0 Å². The lowest BCUT2D eigenvalue weighted by Gasteiger charge is -2.14. The van der Waals surface area contributed by atoms with Gasteiger partial charge in [-0.25, -0.2) is 9.59 Å². The van der Waals surface area contributed by atoms with Crippen molar-refractivity contribution < 1.29 is 37.2 Å². The average molecular weight is 374 g/mol. The first-order chi connectivity index (χ1) is 11.6. The van der Waals surface area contributed by atoms with Crippen LogP contribution in [-0.4, -0.2) is 48.9 Å². The summed E-state index contributed by atoms with van der Waals surface area (Å²) in [6.07, 6.45) is 0.280. The molecule has 0 aliphatic carbocycles. The van der Waals surface area contributed by atoms with Gasteiger partial charge in [-0.15, -0.1) is 0 Å². The van der Waals surface area contributed by atoms with Crippen LogP contribution >= 0.6 is 0 Å². The summed E-state index contributed by atoms with van der Waals surface area (Å²) in [6, 6.07) is 3.87. The second-order valence-electron chi connectivity index (χ2n) is 5.08. The lowest BCUT2D eigenvalue weighted by Crippen LogP contribution is -2.43. The Morgan fingerprint density at radius 3 is 2.24 bits per heavy atom. The third-order valence-electron chi connectivity index (χ3n) is 2.90. The van der Waals surface area contributed by atoms with E-state index in [0.717, 1.165) is 6.26 Å². The van der Waals surface area contributed by atoms with Crippen LogP contribution in [0.1, 0.15) is 18.4 Å². The van der Waals surface area contributed by atoms with Crippen molar-refractivity contribution in [3.63, 3.8) is 0 Å². The van der Waals surface area contributed by atoms with E-state index >= 15 is 0 Å². The lowest BCUT2D eigenvalue weighted by atomic mass is 10.1. The molecule has 1 atom stereocenters. The molecule has 0 radical (unpaired) electrons. The van der Waals surface area contributed by atoms with E-state index in [1.165, 1.54) is 24.3 Å². The lowest BCUT2D eigenvalue weighted by molar-refractivity contribution is -0.140. The average Bonchev–Trinajstić information content (AvgIpc) is 2.49. The molecular formula is C14H18N2O8S. The number of amides is 2. The van der Waals surface area contributed by atoms with Crippen LogP contribution in [0.2, 0.25) is 0 Å². The standard InChI is InChI=1S/C14H18N2O8S/c1-25(22,23)24-8-9-2-4-10(5-3-9)15-14(21)16-11(13(19)20)6-7-12(17)18/h2-5,11H,6-8H2,1H3,(H,17,18)(H,19,20)(H2,15,16,21)/t11-/m0/s1. The Balaban J connectivity index is 2.58. The SMILES string of the molecule is CS(=O)(=O)OCc1ccc(NC(=O)N[C@@H](CCC(=O)O)C(=O)O)cc1. The second-order valence-corrected chi connectivity index (χ2v) is 6.73. The van der Waals surface area contributed by atoms with Gasteiger partial charge in [-0.3, -0.25) is 8.98 Å². The van der Waals surface area contributed by atoms with Crippen molar-refractivity contribution in [2.45, 2.75) is 25.5 Å². The molecule has 0 aliphatic rings. The minimum atomic E-state index is -3.56. The van der Waals surface area contributed by atoms with E-state index in [1.54, 1.807) is 0 Å². The summed E-state index contributed by atoms with van der Waals surface area (Å²) < 4.78 is 26.4. The van der Waals surface area contributed by atoms with Crippen molar-refractivity contribution in [2.75, 3.05) is 11.6 Å². The zero-order valence-electron chi connectivity index (χ0n) is 13.3. The van der Waals surface area contributed by atoms with E-state index in [9.17, 15) is 22.8 Å². The number of carboxylic acids is 2. The zero-order chi connectivity index (χ0) is 19.0. The number of carbonyl (C=O) groups excluding carboxylic acids is 1. The molecular weight excluding hydrogens is 356 g/mol. The molecule has 0 spiro atoms. The van der Waals surface area contributed by atoms with Crippen LogP contribution in [0.25, 0.3) is 0 Å². The highest BCUT2D eigenvalue weighted by Gasteiger charge is 2.20. The molecule has 0 fully saturated rings. The van der Waals surface area contributed by atoms with Crippen LogP contribution in [0.5, 0.6) is 0 Å². The summed E-state index contributed by atoms with van der Waals surface area (Å²) in [4.78, 5) is 33.3. The second kappa shape index (κ2) is 8.99. The number of anilines is 1. The van der Waals surface area contributed by atoms with Crippen LogP contribution in [0.15, 0.2) is 24.3 Å². The normalized spacial score (nSPS) is 12.2. The van der Waals surface area contributed by atoms with Crippen molar-refractivity contribution in [3.05, 3.63) is 29.8 Å². The Hall–Kier alpha value is -2.66. The van der Waals surface area contributed by atoms with Crippen molar-refractivity contribution >= 4 is 33.8 Å². The Morgan fingerprint density at radius 2 is 1.76 bits per heavy atom. The number of carbonyl (C=O) groups is 3. The van der Waals surface area contributed by atoms with Crippen molar-refractivity contribution in [3.8, 4) is 0 Å². The van der Waals surface area contributed by atoms with Gasteiger partial charge < -0.3 is 20.8 Å². The monoisotopic (exact) mass is 374 g/mol. The summed E-state index contributed by atoms with van der Waals surface area (Å²) in [6.45, 7) is -0.151. The Labute approximate surface area is 143 Å². The number of aliphatic carboxylic acids is 2. The van der Waals surface area contributed by atoms with Gasteiger partial charge in [-0.1, -0.05) is 12.1 Å². The minimum absolute atomic E-state index is 0.151. The van der Waals surface area contributed by atoms with Crippen molar-refractivity contribution in [1.29, 1.82) is 0 Å². The number of urea groups is 1. The summed E-state index contributed by atoms with van der Waals surface area (Å²) in [5, 5.41) is 22.1. The molecule has 0 saturated carbocycles. The maximum Gasteiger partial charge on any atom is 0.326 e. The first kappa shape index (κ1) is 20.4. The van der Waals surface area contributed by atoms with Crippen molar-refractivity contribution in [1.82, 2.24) is 5.32 Å². The fourth-order valence-electron chi connectivity index (χ4n) is 1.71. The number of hydrogen-bond acceptors (Lipinski definition) is 6. The van der Waals surface area contributed by atoms with Crippen LogP contribution in [-0.2, 0) is 30.5 Å². The first-order valence-electron chi connectivity index (χ1n) is 7.02. The van der Waals surface area contributed by atoms with E-state index in [0.29, 0.717) is 11.3 Å². The van der Waals surface area contributed by atoms with E-state index < -0.39 is 40.6 Å². The minimum Gasteiger partial charge on any atom is -0.481 e. The van der Waals surface area contributed by atoms with E-state index in [4.69, 9.17) is 10.2 Å². The van der Waals surface area contributed by atoms with E-state index in [2.05, 4.69) is 14.8 Å². The Morgan fingerprint density at radius 1 is 1.16 bits per heavy atom. The van der Waals surface area contributed by atoms with Crippen LogP contribution < -0.4 is 10.6 Å². The fraction of sp³-hybridized carbons (Fsp3) is 0.357. The van der Waals surface area contributed by atoms with Gasteiger partial charge in [0.25, 0.3) is 10.1 Å². The number of benzene rings is 1. The summed E-state index contributed by atoms with van der Waals surface area (Å²) in [5.41, 5.74) is 0.893. The van der Waals surface area contributed by atoms with Gasteiger partial charge in [0.2, 0.25) is 0 Å². The summed E-state index contributed by atoms with van der Waals surface area (Å²) >= 11 is 0. The predicted octanol–water partition coefficient (Wildman–Crippen LogP) is 0.602. The van der Waals surface area contributed by atoms with Crippen molar-refractivity contribution in [2.24, 2.45) is 0 Å². The highest BCUT2D eigenvalue weighted by atomic mass is 32.2. The fourth-order valence-corrected chi connectivity index (χ4v) is 2.06. The molecule has 0 bridgehead atoms. The molecule has 1 aromatic carbocycles. The molecule has 25 heavy (non-hydrogen) atoms.